The fourth-order valence-corrected chi connectivity index (χ4v) is 3.47. The molecule has 1 aliphatic carbocycles. The molecule has 1 aromatic rings. The first-order chi connectivity index (χ1) is 10.2. The smallest absolute Gasteiger partial charge is 0.138 e. The summed E-state index contributed by atoms with van der Waals surface area (Å²) in [5.74, 6) is 0.556. The number of carbonyl (C=O) groups excluding carboxylic acids is 1. The predicted molar refractivity (Wildman–Crippen MR) is 89.3 cm³/mol. The molecule has 0 fully saturated rings. The number of rotatable bonds is 8. The van der Waals surface area contributed by atoms with Crippen molar-refractivity contribution in [3.8, 4) is 0 Å². The highest BCUT2D eigenvalue weighted by molar-refractivity contribution is 5.87. The molecule has 0 saturated carbocycles. The van der Waals surface area contributed by atoms with E-state index in [2.05, 4.69) is 37.8 Å². The summed E-state index contributed by atoms with van der Waals surface area (Å²) in [5.41, 5.74) is 3.90. The van der Waals surface area contributed by atoms with Gasteiger partial charge in [-0.05, 0) is 30.9 Å². The van der Waals surface area contributed by atoms with E-state index in [1.807, 2.05) is 12.1 Å². The van der Waals surface area contributed by atoms with Crippen LogP contribution in [0.15, 0.2) is 54.1 Å². The zero-order chi connectivity index (χ0) is 15.2. The molecule has 21 heavy (non-hydrogen) atoms. The van der Waals surface area contributed by atoms with Gasteiger partial charge in [-0.3, -0.25) is 4.79 Å². The summed E-state index contributed by atoms with van der Waals surface area (Å²) in [4.78, 5) is 12.0. The van der Waals surface area contributed by atoms with Gasteiger partial charge in [-0.15, -0.1) is 0 Å². The van der Waals surface area contributed by atoms with Crippen LogP contribution in [0.25, 0.3) is 0 Å². The van der Waals surface area contributed by atoms with Crippen molar-refractivity contribution in [1.82, 2.24) is 0 Å². The Kier molecular flexibility index (Phi) is 5.55. The Labute approximate surface area is 128 Å². The average molecular weight is 282 g/mol. The molecule has 0 radical (unpaired) electrons. The SMILES string of the molecule is C=CC1=C(CCCCCC)[C@@H](c2ccccc2)[C@@H]1C(C)=O. The maximum absolute atomic E-state index is 12.0. The topological polar surface area (TPSA) is 17.1 Å². The number of hydrogen-bond acceptors (Lipinski definition) is 1. The molecule has 1 heteroatoms. The molecule has 1 aliphatic rings. The second kappa shape index (κ2) is 7.40. The molecular weight excluding hydrogens is 256 g/mol. The minimum absolute atomic E-state index is 0.0195. The van der Waals surface area contributed by atoms with E-state index < -0.39 is 0 Å². The standard InChI is InChI=1S/C20H26O/c1-4-6-7-11-14-18-17(5-2)19(15(3)21)20(18)16-12-9-8-10-13-16/h5,8-10,12-13,19-20H,2,4,6-7,11,14H2,1,3H3/t19-,20-/m1/s1. The minimum Gasteiger partial charge on any atom is -0.299 e. The molecule has 1 aromatic carbocycles. The Morgan fingerprint density at radius 1 is 1.19 bits per heavy atom. The molecule has 0 bridgehead atoms. The van der Waals surface area contributed by atoms with E-state index in [4.69, 9.17) is 0 Å². The van der Waals surface area contributed by atoms with Crippen LogP contribution < -0.4 is 0 Å². The predicted octanol–water partition coefficient (Wildman–Crippen LogP) is 5.44. The van der Waals surface area contributed by atoms with Crippen molar-refractivity contribution in [3.63, 3.8) is 0 Å². The van der Waals surface area contributed by atoms with Gasteiger partial charge in [-0.1, -0.05) is 74.7 Å². The lowest BCUT2D eigenvalue weighted by molar-refractivity contribution is -0.120. The Morgan fingerprint density at radius 3 is 2.48 bits per heavy atom. The summed E-state index contributed by atoms with van der Waals surface area (Å²) in [6, 6.07) is 10.4. The molecule has 2 atom stereocenters. The van der Waals surface area contributed by atoms with Crippen molar-refractivity contribution in [3.05, 3.63) is 59.7 Å². The quantitative estimate of drug-likeness (QED) is 0.580. The van der Waals surface area contributed by atoms with Crippen molar-refractivity contribution in [2.45, 2.75) is 51.9 Å². The van der Waals surface area contributed by atoms with Gasteiger partial charge in [0.2, 0.25) is 0 Å². The van der Waals surface area contributed by atoms with E-state index in [-0.39, 0.29) is 17.6 Å². The number of allylic oxidation sites excluding steroid dienone is 3. The van der Waals surface area contributed by atoms with Gasteiger partial charge < -0.3 is 0 Å². The zero-order valence-corrected chi connectivity index (χ0v) is 13.3. The molecule has 0 heterocycles. The summed E-state index contributed by atoms with van der Waals surface area (Å²) in [5, 5.41) is 0. The Bertz CT molecular complexity index is 524. The largest absolute Gasteiger partial charge is 0.299 e. The molecule has 0 N–H and O–H groups in total. The Balaban J connectivity index is 2.21. The number of Topliss-reactive ketones (excluding diaryl/α,β-unsaturated/α-hetero) is 1. The van der Waals surface area contributed by atoms with Gasteiger partial charge in [0.15, 0.2) is 0 Å². The Hall–Kier alpha value is -1.63. The average Bonchev–Trinajstić information content (AvgIpc) is 2.47. The second-order valence-electron chi connectivity index (χ2n) is 5.97. The number of benzene rings is 1. The van der Waals surface area contributed by atoms with Gasteiger partial charge in [-0.25, -0.2) is 0 Å². The van der Waals surface area contributed by atoms with Crippen molar-refractivity contribution in [1.29, 1.82) is 0 Å². The lowest BCUT2D eigenvalue weighted by Gasteiger charge is -2.40. The lowest BCUT2D eigenvalue weighted by atomic mass is 9.62. The summed E-state index contributed by atoms with van der Waals surface area (Å²) in [7, 11) is 0. The first-order valence-corrected chi connectivity index (χ1v) is 8.11. The summed E-state index contributed by atoms with van der Waals surface area (Å²) in [6.45, 7) is 7.87. The molecule has 0 amide bonds. The first-order valence-electron chi connectivity index (χ1n) is 8.11. The van der Waals surface area contributed by atoms with Crippen LogP contribution >= 0.6 is 0 Å². The summed E-state index contributed by atoms with van der Waals surface area (Å²) >= 11 is 0. The number of unbranched alkanes of at least 4 members (excludes halogenated alkanes) is 3. The van der Waals surface area contributed by atoms with Crippen molar-refractivity contribution < 1.29 is 4.79 Å². The van der Waals surface area contributed by atoms with Crippen LogP contribution in [0.3, 0.4) is 0 Å². The van der Waals surface area contributed by atoms with Gasteiger partial charge in [0.25, 0.3) is 0 Å². The highest BCUT2D eigenvalue weighted by atomic mass is 16.1. The molecule has 0 unspecified atom stereocenters. The molecule has 2 rings (SSSR count). The van der Waals surface area contributed by atoms with Gasteiger partial charge in [-0.2, -0.15) is 0 Å². The summed E-state index contributed by atoms with van der Waals surface area (Å²) < 4.78 is 0. The third-order valence-electron chi connectivity index (χ3n) is 4.53. The normalized spacial score (nSPS) is 21.0. The number of hydrogen-bond donors (Lipinski definition) is 0. The number of carbonyl (C=O) groups is 1. The third-order valence-corrected chi connectivity index (χ3v) is 4.53. The maximum Gasteiger partial charge on any atom is 0.138 e. The van der Waals surface area contributed by atoms with E-state index in [0.29, 0.717) is 0 Å². The van der Waals surface area contributed by atoms with Crippen LogP contribution in [-0.4, -0.2) is 5.78 Å². The Morgan fingerprint density at radius 2 is 1.90 bits per heavy atom. The first kappa shape index (κ1) is 15.8. The third kappa shape index (κ3) is 3.34. The van der Waals surface area contributed by atoms with E-state index in [1.54, 1.807) is 6.92 Å². The lowest BCUT2D eigenvalue weighted by Crippen LogP contribution is -2.33. The van der Waals surface area contributed by atoms with Crippen LogP contribution in [0.2, 0.25) is 0 Å². The molecular formula is C20H26O. The molecule has 0 spiro atoms. The van der Waals surface area contributed by atoms with Gasteiger partial charge >= 0.3 is 0 Å². The van der Waals surface area contributed by atoms with E-state index in [9.17, 15) is 4.79 Å². The maximum atomic E-state index is 12.0. The van der Waals surface area contributed by atoms with E-state index >= 15 is 0 Å². The molecule has 0 aromatic heterocycles. The van der Waals surface area contributed by atoms with Crippen LogP contribution in [0.4, 0.5) is 0 Å². The van der Waals surface area contributed by atoms with Crippen LogP contribution in [0, 0.1) is 5.92 Å². The highest BCUT2D eigenvalue weighted by Gasteiger charge is 2.41. The highest BCUT2D eigenvalue weighted by Crippen LogP contribution is 2.50. The molecule has 0 aliphatic heterocycles. The van der Waals surface area contributed by atoms with Crippen molar-refractivity contribution in [2.75, 3.05) is 0 Å². The fourth-order valence-electron chi connectivity index (χ4n) is 3.47. The van der Waals surface area contributed by atoms with E-state index in [1.165, 1.54) is 42.4 Å². The van der Waals surface area contributed by atoms with E-state index in [0.717, 1.165) is 6.42 Å². The fraction of sp³-hybridized carbons (Fsp3) is 0.450. The van der Waals surface area contributed by atoms with Crippen molar-refractivity contribution >= 4 is 5.78 Å². The van der Waals surface area contributed by atoms with Crippen LogP contribution in [0.1, 0.15) is 57.4 Å². The van der Waals surface area contributed by atoms with Crippen LogP contribution in [0.5, 0.6) is 0 Å². The molecule has 0 saturated heterocycles. The summed E-state index contributed by atoms with van der Waals surface area (Å²) in [6.07, 6.45) is 8.05. The minimum atomic E-state index is 0.0195. The second-order valence-corrected chi connectivity index (χ2v) is 5.97. The molecule has 1 nitrogen and oxygen atoms in total. The van der Waals surface area contributed by atoms with Gasteiger partial charge in [0.1, 0.15) is 5.78 Å². The van der Waals surface area contributed by atoms with Gasteiger partial charge in [0.05, 0.1) is 5.92 Å². The van der Waals surface area contributed by atoms with Gasteiger partial charge in [0, 0.05) is 5.92 Å². The van der Waals surface area contributed by atoms with Crippen molar-refractivity contribution in [2.24, 2.45) is 5.92 Å². The zero-order valence-electron chi connectivity index (χ0n) is 13.3. The van der Waals surface area contributed by atoms with Crippen LogP contribution in [-0.2, 0) is 4.79 Å². The number of ketones is 1. The monoisotopic (exact) mass is 282 g/mol. The molecule has 112 valence electrons.